The second-order valence-corrected chi connectivity index (χ2v) is 4.42. The minimum atomic E-state index is 0.811. The Morgan fingerprint density at radius 2 is 2.20 bits per heavy atom. The van der Waals surface area contributed by atoms with Gasteiger partial charge in [-0.15, -0.1) is 11.3 Å². The lowest BCUT2D eigenvalue weighted by Gasteiger charge is -1.94. The second-order valence-electron chi connectivity index (χ2n) is 3.34. The van der Waals surface area contributed by atoms with Gasteiger partial charge in [-0.05, 0) is 24.6 Å². The van der Waals surface area contributed by atoms with Crippen molar-refractivity contribution in [3.8, 4) is 0 Å². The Labute approximate surface area is 93.5 Å². The maximum absolute atomic E-state index is 5.76. The third-order valence-corrected chi connectivity index (χ3v) is 3.46. The van der Waals surface area contributed by atoms with Crippen LogP contribution < -0.4 is 5.73 Å². The zero-order valence-corrected chi connectivity index (χ0v) is 9.47. The van der Waals surface area contributed by atoms with Crippen molar-refractivity contribution in [2.24, 2.45) is 0 Å². The monoisotopic (exact) mass is 215 g/mol. The molecule has 0 unspecified atom stereocenters. The van der Waals surface area contributed by atoms with E-state index < -0.39 is 0 Å². The average molecular weight is 215 g/mol. The number of hydrogen-bond donors (Lipinski definition) is 1. The van der Waals surface area contributed by atoms with Crippen LogP contribution in [0, 0.1) is 0 Å². The molecular formula is C13H13NS. The molecule has 2 rings (SSSR count). The summed E-state index contributed by atoms with van der Waals surface area (Å²) in [5.41, 5.74) is 7.82. The van der Waals surface area contributed by atoms with Crippen molar-refractivity contribution in [3.63, 3.8) is 0 Å². The van der Waals surface area contributed by atoms with E-state index in [1.54, 1.807) is 11.3 Å². The van der Waals surface area contributed by atoms with Crippen LogP contribution in [0.5, 0.6) is 0 Å². The van der Waals surface area contributed by atoms with E-state index in [0.29, 0.717) is 0 Å². The van der Waals surface area contributed by atoms with Crippen molar-refractivity contribution in [3.05, 3.63) is 41.3 Å². The third-order valence-electron chi connectivity index (χ3n) is 2.30. The smallest absolute Gasteiger partial charge is 0.0375 e. The van der Waals surface area contributed by atoms with Gasteiger partial charge in [0.15, 0.2) is 0 Å². The fraction of sp³-hybridized carbons (Fsp3) is 0.0769. The van der Waals surface area contributed by atoms with Crippen LogP contribution >= 0.6 is 11.3 Å². The van der Waals surface area contributed by atoms with Crippen LogP contribution in [-0.2, 0) is 0 Å². The molecule has 0 saturated heterocycles. The van der Waals surface area contributed by atoms with Crippen molar-refractivity contribution in [2.45, 2.75) is 6.92 Å². The summed E-state index contributed by atoms with van der Waals surface area (Å²) in [5.74, 6) is 0. The first kappa shape index (κ1) is 9.99. The van der Waals surface area contributed by atoms with Crippen molar-refractivity contribution < 1.29 is 0 Å². The number of nitrogens with two attached hydrogens (primary N) is 1. The van der Waals surface area contributed by atoms with Gasteiger partial charge in [0.2, 0.25) is 0 Å². The van der Waals surface area contributed by atoms with Crippen molar-refractivity contribution in [2.75, 3.05) is 5.73 Å². The minimum Gasteiger partial charge on any atom is -0.399 e. The molecule has 1 nitrogen and oxygen atoms in total. The van der Waals surface area contributed by atoms with E-state index >= 15 is 0 Å². The summed E-state index contributed by atoms with van der Waals surface area (Å²) < 4.78 is 1.22. The first-order valence-corrected chi connectivity index (χ1v) is 5.65. The lowest BCUT2D eigenvalue weighted by molar-refractivity contribution is 1.75. The van der Waals surface area contributed by atoms with Crippen LogP contribution in [0.15, 0.2) is 30.9 Å². The lowest BCUT2D eigenvalue weighted by atomic mass is 10.1. The fourth-order valence-electron chi connectivity index (χ4n) is 1.64. The average Bonchev–Trinajstić information content (AvgIpc) is 2.56. The van der Waals surface area contributed by atoms with Gasteiger partial charge in [-0.1, -0.05) is 30.9 Å². The van der Waals surface area contributed by atoms with Crippen molar-refractivity contribution in [1.82, 2.24) is 0 Å². The van der Waals surface area contributed by atoms with E-state index in [4.69, 9.17) is 5.73 Å². The summed E-state index contributed by atoms with van der Waals surface area (Å²) in [5, 5.41) is 1.25. The number of rotatable bonds is 2. The molecule has 1 aromatic carbocycles. The van der Waals surface area contributed by atoms with Gasteiger partial charge >= 0.3 is 0 Å². The highest BCUT2D eigenvalue weighted by atomic mass is 32.1. The van der Waals surface area contributed by atoms with Gasteiger partial charge in [-0.2, -0.15) is 0 Å². The van der Waals surface area contributed by atoms with E-state index in [0.717, 1.165) is 5.69 Å². The molecule has 2 N–H and O–H groups in total. The zero-order chi connectivity index (χ0) is 10.8. The second kappa shape index (κ2) is 3.91. The number of fused-ring (bicyclic) bond motifs is 1. The van der Waals surface area contributed by atoms with Crippen molar-refractivity contribution >= 4 is 39.3 Å². The molecule has 2 heteroatoms. The predicted molar refractivity (Wildman–Crippen MR) is 71.0 cm³/mol. The number of benzene rings is 1. The van der Waals surface area contributed by atoms with E-state index in [1.807, 2.05) is 31.2 Å². The standard InChI is InChI=1S/C13H13NS/c1-3-5-10-11-7-6-9(14)8-13(11)15-12(10)4-2/h3-8H,2,14H2,1H3/b5-3-. The fourth-order valence-corrected chi connectivity index (χ4v) is 2.73. The molecule has 1 aromatic heterocycles. The van der Waals surface area contributed by atoms with Crippen LogP contribution in [0.3, 0.4) is 0 Å². The van der Waals surface area contributed by atoms with Crippen LogP contribution in [-0.4, -0.2) is 0 Å². The first-order valence-electron chi connectivity index (χ1n) is 4.83. The number of nitrogen functional groups attached to an aromatic ring is 1. The third kappa shape index (κ3) is 1.68. The molecule has 2 aromatic rings. The molecule has 0 saturated carbocycles. The molecular weight excluding hydrogens is 202 g/mol. The summed E-state index contributed by atoms with van der Waals surface area (Å²) in [7, 11) is 0. The SMILES string of the molecule is C=Cc1sc2cc(N)ccc2c1/C=C\C. The highest BCUT2D eigenvalue weighted by Crippen LogP contribution is 2.34. The van der Waals surface area contributed by atoms with Crippen molar-refractivity contribution in [1.29, 1.82) is 0 Å². The summed E-state index contributed by atoms with van der Waals surface area (Å²) in [6, 6.07) is 6.03. The Kier molecular flexibility index (Phi) is 2.60. The maximum Gasteiger partial charge on any atom is 0.0375 e. The van der Waals surface area contributed by atoms with Gasteiger partial charge in [0, 0.05) is 20.7 Å². The zero-order valence-electron chi connectivity index (χ0n) is 8.66. The normalized spacial score (nSPS) is 11.3. The van der Waals surface area contributed by atoms with Gasteiger partial charge in [-0.25, -0.2) is 0 Å². The predicted octanol–water partition coefficient (Wildman–Crippen LogP) is 4.16. The molecule has 0 aliphatic heterocycles. The lowest BCUT2D eigenvalue weighted by Crippen LogP contribution is -1.81. The Morgan fingerprint density at radius 1 is 1.40 bits per heavy atom. The molecule has 0 amide bonds. The Hall–Kier alpha value is -1.54. The maximum atomic E-state index is 5.76. The van der Waals surface area contributed by atoms with Gasteiger partial charge in [0.1, 0.15) is 0 Å². The van der Waals surface area contributed by atoms with Crippen LogP contribution in [0.25, 0.3) is 22.2 Å². The molecule has 0 atom stereocenters. The minimum absolute atomic E-state index is 0.811. The van der Waals surface area contributed by atoms with Gasteiger partial charge in [0.05, 0.1) is 0 Å². The van der Waals surface area contributed by atoms with Crippen LogP contribution in [0.1, 0.15) is 17.4 Å². The van der Waals surface area contributed by atoms with E-state index in [2.05, 4.69) is 18.7 Å². The van der Waals surface area contributed by atoms with E-state index in [1.165, 1.54) is 20.5 Å². The van der Waals surface area contributed by atoms with Crippen LogP contribution in [0.4, 0.5) is 5.69 Å². The highest BCUT2D eigenvalue weighted by molar-refractivity contribution is 7.20. The molecule has 1 heterocycles. The molecule has 0 radical (unpaired) electrons. The largest absolute Gasteiger partial charge is 0.399 e. The topological polar surface area (TPSA) is 26.0 Å². The Balaban J connectivity index is 2.79. The van der Waals surface area contributed by atoms with Gasteiger partial charge in [0.25, 0.3) is 0 Å². The number of hydrogen-bond acceptors (Lipinski definition) is 2. The summed E-state index contributed by atoms with van der Waals surface area (Å²) in [4.78, 5) is 1.20. The van der Waals surface area contributed by atoms with E-state index in [-0.39, 0.29) is 0 Å². The van der Waals surface area contributed by atoms with Crippen LogP contribution in [0.2, 0.25) is 0 Å². The molecule has 0 bridgehead atoms. The highest BCUT2D eigenvalue weighted by Gasteiger charge is 2.06. The summed E-state index contributed by atoms with van der Waals surface area (Å²) in [6.07, 6.45) is 6.06. The summed E-state index contributed by atoms with van der Waals surface area (Å²) in [6.45, 7) is 5.86. The van der Waals surface area contributed by atoms with E-state index in [9.17, 15) is 0 Å². The molecule has 0 fully saturated rings. The quantitative estimate of drug-likeness (QED) is 0.748. The van der Waals surface area contributed by atoms with Gasteiger partial charge < -0.3 is 5.73 Å². The Bertz CT molecular complexity index is 535. The van der Waals surface area contributed by atoms with Gasteiger partial charge in [-0.3, -0.25) is 0 Å². The number of allylic oxidation sites excluding steroid dienone is 1. The molecule has 15 heavy (non-hydrogen) atoms. The number of thiophene rings is 1. The molecule has 0 spiro atoms. The molecule has 0 aliphatic rings. The first-order chi connectivity index (χ1) is 7.26. The molecule has 76 valence electrons. The summed E-state index contributed by atoms with van der Waals surface area (Å²) >= 11 is 1.73. The molecule has 0 aliphatic carbocycles. The Morgan fingerprint density at radius 3 is 2.87 bits per heavy atom. The number of anilines is 1.